The Morgan fingerprint density at radius 2 is 1.24 bits per heavy atom. The highest BCUT2D eigenvalue weighted by Gasteiger charge is 2.05. The summed E-state index contributed by atoms with van der Waals surface area (Å²) in [5, 5.41) is 0. The molecule has 0 aliphatic heterocycles. The predicted octanol–water partition coefficient (Wildman–Crippen LogP) is 7.31. The van der Waals surface area contributed by atoms with Gasteiger partial charge in [0.1, 0.15) is 11.5 Å². The van der Waals surface area contributed by atoms with Crippen LogP contribution in [0.1, 0.15) is 77.6 Å². The van der Waals surface area contributed by atoms with Crippen LogP contribution in [0.5, 0.6) is 11.5 Å². The predicted molar refractivity (Wildman–Crippen MR) is 136 cm³/mol. The molecular weight excluding hydrogens is 436 g/mol. The van der Waals surface area contributed by atoms with Crippen LogP contribution in [0.25, 0.3) is 11.1 Å². The van der Waals surface area contributed by atoms with E-state index >= 15 is 0 Å². The average molecular weight is 477 g/mol. The average Bonchev–Trinajstić information content (AvgIpc) is 2.80. The van der Waals surface area contributed by atoms with Crippen molar-refractivity contribution in [3.05, 3.63) is 48.5 Å². The summed E-state index contributed by atoms with van der Waals surface area (Å²) in [6.07, 6.45) is 13.4. The lowest BCUT2D eigenvalue weighted by Crippen LogP contribution is -2.08. The lowest BCUT2D eigenvalue weighted by Gasteiger charge is -2.10. The first-order chi connectivity index (χ1) is 16.0. The number of hydrogen-bond acceptors (Lipinski definition) is 4. The van der Waals surface area contributed by atoms with E-state index in [0.29, 0.717) is 5.75 Å². The molecule has 0 bridgehead atoms. The summed E-state index contributed by atoms with van der Waals surface area (Å²) >= 11 is 0. The Hall–Kier alpha value is -2.05. The highest BCUT2D eigenvalue weighted by Crippen LogP contribution is 2.26. The number of unbranched alkanes of at least 4 members (excludes halogenated alkanes) is 9. The Morgan fingerprint density at radius 1 is 0.667 bits per heavy atom. The molecule has 0 fully saturated rings. The maximum atomic E-state index is 10.7. The van der Waals surface area contributed by atoms with Gasteiger partial charge in [-0.15, -0.1) is 0 Å². The van der Waals surface area contributed by atoms with Gasteiger partial charge in [-0.05, 0) is 48.2 Å². The van der Waals surface area contributed by atoms with Gasteiger partial charge < -0.3 is 9.47 Å². The van der Waals surface area contributed by atoms with Crippen molar-refractivity contribution in [3.8, 4) is 22.6 Å². The normalized spacial score (nSPS) is 11.5. The molecule has 184 valence electrons. The molecule has 0 unspecified atom stereocenters. The van der Waals surface area contributed by atoms with Crippen LogP contribution in [0.4, 0.5) is 0 Å². The molecule has 0 heterocycles. The van der Waals surface area contributed by atoms with Crippen molar-refractivity contribution in [2.45, 2.75) is 77.6 Å². The quantitative estimate of drug-likeness (QED) is 0.180. The molecule has 0 atom stereocenters. The molecule has 0 aliphatic carbocycles. The van der Waals surface area contributed by atoms with Crippen LogP contribution in [-0.2, 0) is 10.1 Å². The molecule has 0 amide bonds. The third-order valence-electron chi connectivity index (χ3n) is 5.60. The zero-order valence-electron chi connectivity index (χ0n) is 20.0. The second kappa shape index (κ2) is 15.7. The maximum absolute atomic E-state index is 10.7. The minimum Gasteiger partial charge on any atom is -0.494 e. The summed E-state index contributed by atoms with van der Waals surface area (Å²) in [5.74, 6) is 1.26. The SMILES string of the molecule is CCCCCCCCCCCCOc1cccc(-c2ccc(OCCCS(=O)(=O)O)cc2)c1. The van der Waals surface area contributed by atoms with E-state index < -0.39 is 10.1 Å². The van der Waals surface area contributed by atoms with E-state index in [4.69, 9.17) is 14.0 Å². The zero-order valence-corrected chi connectivity index (χ0v) is 20.8. The number of ether oxygens (including phenoxy) is 2. The summed E-state index contributed by atoms with van der Waals surface area (Å²) in [6, 6.07) is 15.8. The summed E-state index contributed by atoms with van der Waals surface area (Å²) in [5.41, 5.74) is 2.14. The van der Waals surface area contributed by atoms with Crippen molar-refractivity contribution in [1.29, 1.82) is 0 Å². The fourth-order valence-corrected chi connectivity index (χ4v) is 4.20. The minimum atomic E-state index is -3.94. The van der Waals surface area contributed by atoms with Crippen LogP contribution < -0.4 is 9.47 Å². The molecule has 2 aromatic rings. The molecule has 5 nitrogen and oxygen atoms in total. The largest absolute Gasteiger partial charge is 0.494 e. The lowest BCUT2D eigenvalue weighted by atomic mass is 10.1. The van der Waals surface area contributed by atoms with Gasteiger partial charge in [0.25, 0.3) is 10.1 Å². The topological polar surface area (TPSA) is 72.8 Å². The number of benzene rings is 2. The Bertz CT molecular complexity index is 878. The highest BCUT2D eigenvalue weighted by atomic mass is 32.2. The van der Waals surface area contributed by atoms with Crippen molar-refractivity contribution >= 4 is 10.1 Å². The standard InChI is InChI=1S/C27H40O5S/c1-2-3-4-5-6-7-8-9-10-11-20-32-27-15-12-14-25(23-27)24-16-18-26(19-17-24)31-21-13-22-33(28,29)30/h12,14-19,23H,2-11,13,20-22H2,1H3,(H,28,29,30). The van der Waals surface area contributed by atoms with Gasteiger partial charge in [-0.1, -0.05) is 89.0 Å². The van der Waals surface area contributed by atoms with Gasteiger partial charge in [0.15, 0.2) is 0 Å². The molecular formula is C27H40O5S. The maximum Gasteiger partial charge on any atom is 0.264 e. The number of hydrogen-bond donors (Lipinski definition) is 1. The molecule has 1 N–H and O–H groups in total. The van der Waals surface area contributed by atoms with Gasteiger partial charge in [-0.3, -0.25) is 4.55 Å². The van der Waals surface area contributed by atoms with E-state index in [1.165, 1.54) is 57.8 Å². The molecule has 0 saturated carbocycles. The first-order valence-electron chi connectivity index (χ1n) is 12.4. The van der Waals surface area contributed by atoms with Crippen LogP contribution in [-0.4, -0.2) is 31.9 Å². The fraction of sp³-hybridized carbons (Fsp3) is 0.556. The Balaban J connectivity index is 1.65. The van der Waals surface area contributed by atoms with Crippen molar-refractivity contribution in [3.63, 3.8) is 0 Å². The molecule has 0 saturated heterocycles. The third-order valence-corrected chi connectivity index (χ3v) is 6.41. The van der Waals surface area contributed by atoms with E-state index in [1.54, 1.807) is 0 Å². The van der Waals surface area contributed by atoms with E-state index in [9.17, 15) is 8.42 Å². The van der Waals surface area contributed by atoms with E-state index in [0.717, 1.165) is 29.9 Å². The van der Waals surface area contributed by atoms with Crippen molar-refractivity contribution < 1.29 is 22.4 Å². The van der Waals surface area contributed by atoms with Gasteiger partial charge in [0, 0.05) is 0 Å². The van der Waals surface area contributed by atoms with E-state index in [-0.39, 0.29) is 18.8 Å². The molecule has 0 aromatic heterocycles. The smallest absolute Gasteiger partial charge is 0.264 e. The molecule has 2 aromatic carbocycles. The molecule has 0 aliphatic rings. The summed E-state index contributed by atoms with van der Waals surface area (Å²) in [4.78, 5) is 0. The molecule has 0 spiro atoms. The third kappa shape index (κ3) is 12.7. The van der Waals surface area contributed by atoms with Gasteiger partial charge in [-0.2, -0.15) is 8.42 Å². The first-order valence-corrected chi connectivity index (χ1v) is 14.0. The summed E-state index contributed by atoms with van der Waals surface area (Å²) in [7, 11) is -3.94. The Labute approximate surface area is 200 Å². The van der Waals surface area contributed by atoms with E-state index in [2.05, 4.69) is 19.1 Å². The second-order valence-corrected chi connectivity index (χ2v) is 10.1. The van der Waals surface area contributed by atoms with Crippen LogP contribution in [0.2, 0.25) is 0 Å². The van der Waals surface area contributed by atoms with Crippen LogP contribution in [0, 0.1) is 0 Å². The van der Waals surface area contributed by atoms with Crippen molar-refractivity contribution in [1.82, 2.24) is 0 Å². The van der Waals surface area contributed by atoms with Crippen LogP contribution >= 0.6 is 0 Å². The van der Waals surface area contributed by atoms with E-state index in [1.807, 2.05) is 36.4 Å². The highest BCUT2D eigenvalue weighted by molar-refractivity contribution is 7.85. The van der Waals surface area contributed by atoms with Crippen LogP contribution in [0.3, 0.4) is 0 Å². The Kier molecular flexibility index (Phi) is 13.0. The molecule has 0 radical (unpaired) electrons. The first kappa shape index (κ1) is 27.2. The second-order valence-electron chi connectivity index (χ2n) is 8.57. The summed E-state index contributed by atoms with van der Waals surface area (Å²) in [6.45, 7) is 3.24. The van der Waals surface area contributed by atoms with Crippen LogP contribution in [0.15, 0.2) is 48.5 Å². The lowest BCUT2D eigenvalue weighted by molar-refractivity contribution is 0.304. The van der Waals surface area contributed by atoms with Gasteiger partial charge in [0.2, 0.25) is 0 Å². The summed E-state index contributed by atoms with van der Waals surface area (Å²) < 4.78 is 41.7. The van der Waals surface area contributed by atoms with Gasteiger partial charge >= 0.3 is 0 Å². The number of rotatable bonds is 18. The monoisotopic (exact) mass is 476 g/mol. The van der Waals surface area contributed by atoms with Gasteiger partial charge in [-0.25, -0.2) is 0 Å². The van der Waals surface area contributed by atoms with Crippen molar-refractivity contribution in [2.24, 2.45) is 0 Å². The Morgan fingerprint density at radius 3 is 1.88 bits per heavy atom. The fourth-order valence-electron chi connectivity index (χ4n) is 3.72. The molecule has 33 heavy (non-hydrogen) atoms. The molecule has 2 rings (SSSR count). The molecule has 6 heteroatoms. The van der Waals surface area contributed by atoms with Gasteiger partial charge in [0.05, 0.1) is 19.0 Å². The van der Waals surface area contributed by atoms with Crippen molar-refractivity contribution in [2.75, 3.05) is 19.0 Å². The zero-order chi connectivity index (χ0) is 23.8. The minimum absolute atomic E-state index is 0.238.